The molecule has 31 heavy (non-hydrogen) atoms. The zero-order valence-corrected chi connectivity index (χ0v) is 16.7. The van der Waals surface area contributed by atoms with Crippen LogP contribution in [0.3, 0.4) is 0 Å². The number of hydrogen-bond acceptors (Lipinski definition) is 10. The molecule has 0 unspecified atom stereocenters. The first-order chi connectivity index (χ1) is 14.8. The first-order valence-corrected chi connectivity index (χ1v) is 10.3. The summed E-state index contributed by atoms with van der Waals surface area (Å²) in [6.07, 6.45) is -2.21. The van der Waals surface area contributed by atoms with Crippen LogP contribution in [-0.2, 0) is 23.7 Å². The molecule has 0 aromatic heterocycles. The van der Waals surface area contributed by atoms with E-state index in [1.807, 2.05) is 0 Å². The second-order valence-electron chi connectivity index (χ2n) is 8.79. The summed E-state index contributed by atoms with van der Waals surface area (Å²) in [4.78, 5) is 12.8. The van der Waals surface area contributed by atoms with Gasteiger partial charge in [0.25, 0.3) is 0 Å². The number of rotatable bonds is 5. The summed E-state index contributed by atoms with van der Waals surface area (Å²) < 4.78 is 22.9. The number of ether oxygens (including phenoxy) is 4. The molecule has 2 bridgehead atoms. The molecule has 0 aromatic carbocycles. The topological polar surface area (TPSA) is 155 Å². The molecule has 3 fully saturated rings. The highest BCUT2D eigenvalue weighted by Crippen LogP contribution is 2.64. The van der Waals surface area contributed by atoms with Gasteiger partial charge in [-0.2, -0.15) is 0 Å². The third-order valence-electron chi connectivity index (χ3n) is 7.21. The Hall–Kier alpha value is -1.63. The van der Waals surface area contributed by atoms with Crippen LogP contribution >= 0.6 is 0 Å². The predicted octanol–water partition coefficient (Wildman–Crippen LogP) is -1.73. The Morgan fingerprint density at radius 1 is 1.19 bits per heavy atom. The van der Waals surface area contributed by atoms with Crippen molar-refractivity contribution < 1.29 is 49.3 Å². The van der Waals surface area contributed by atoms with Crippen molar-refractivity contribution in [1.82, 2.24) is 0 Å². The molecule has 4 aliphatic heterocycles. The number of carbonyl (C=O) groups excluding carboxylic acids is 1. The predicted molar refractivity (Wildman–Crippen MR) is 101 cm³/mol. The SMILES string of the molecule is C=C1CC[C@H]2[C@@H]1[C@@]13OC(=O)C(CO[C@@H]4O[C@H](CO)[C@@H](O)[C@H](O)[C@H]4O)=C1C=C[C@@]2(CO)O3. The molecule has 2 saturated heterocycles. The normalized spacial score (nSPS) is 48.2. The zero-order chi connectivity index (χ0) is 22.1. The van der Waals surface area contributed by atoms with Crippen molar-refractivity contribution >= 4 is 5.97 Å². The van der Waals surface area contributed by atoms with E-state index >= 15 is 0 Å². The molecule has 5 rings (SSSR count). The van der Waals surface area contributed by atoms with Gasteiger partial charge < -0.3 is 44.5 Å². The molecule has 5 N–H and O–H groups in total. The highest BCUT2D eigenvalue weighted by Gasteiger charge is 2.71. The van der Waals surface area contributed by atoms with Crippen molar-refractivity contribution in [1.29, 1.82) is 0 Å². The Balaban J connectivity index is 1.43. The summed E-state index contributed by atoms with van der Waals surface area (Å²) >= 11 is 0. The summed E-state index contributed by atoms with van der Waals surface area (Å²) in [5.41, 5.74) is 0.591. The summed E-state index contributed by atoms with van der Waals surface area (Å²) in [6, 6.07) is 0. The average Bonchev–Trinajstić information content (AvgIpc) is 3.35. The van der Waals surface area contributed by atoms with Gasteiger partial charge in [0.1, 0.15) is 30.0 Å². The van der Waals surface area contributed by atoms with Crippen LogP contribution in [-0.4, -0.2) is 93.4 Å². The molecule has 1 saturated carbocycles. The van der Waals surface area contributed by atoms with Gasteiger partial charge in [0, 0.05) is 11.5 Å². The maximum Gasteiger partial charge on any atom is 0.339 e. The Morgan fingerprint density at radius 2 is 1.97 bits per heavy atom. The fourth-order valence-electron chi connectivity index (χ4n) is 5.62. The lowest BCUT2D eigenvalue weighted by Gasteiger charge is -2.39. The number of fused-ring (bicyclic) bond motifs is 3. The van der Waals surface area contributed by atoms with E-state index < -0.39 is 54.7 Å². The van der Waals surface area contributed by atoms with Crippen molar-refractivity contribution in [3.63, 3.8) is 0 Å². The second kappa shape index (κ2) is 7.19. The Labute approximate surface area is 178 Å². The van der Waals surface area contributed by atoms with Crippen LogP contribution in [0.25, 0.3) is 0 Å². The van der Waals surface area contributed by atoms with Crippen molar-refractivity contribution in [3.8, 4) is 0 Å². The van der Waals surface area contributed by atoms with Gasteiger partial charge in [-0.25, -0.2) is 4.79 Å². The fourth-order valence-corrected chi connectivity index (χ4v) is 5.62. The largest absolute Gasteiger partial charge is 0.424 e. The summed E-state index contributed by atoms with van der Waals surface area (Å²) in [6.45, 7) is 2.97. The number of esters is 1. The summed E-state index contributed by atoms with van der Waals surface area (Å²) in [5, 5.41) is 49.4. The van der Waals surface area contributed by atoms with Crippen LogP contribution in [0.1, 0.15) is 12.8 Å². The maximum absolute atomic E-state index is 12.8. The molecule has 170 valence electrons. The van der Waals surface area contributed by atoms with Crippen LogP contribution in [0, 0.1) is 11.8 Å². The molecule has 4 heterocycles. The molecule has 0 amide bonds. The smallest absolute Gasteiger partial charge is 0.339 e. The first-order valence-electron chi connectivity index (χ1n) is 10.3. The van der Waals surface area contributed by atoms with Crippen LogP contribution in [0.4, 0.5) is 0 Å². The molecule has 9 atom stereocenters. The van der Waals surface area contributed by atoms with E-state index in [4.69, 9.17) is 18.9 Å². The van der Waals surface area contributed by atoms with Crippen molar-refractivity contribution in [3.05, 3.63) is 35.5 Å². The van der Waals surface area contributed by atoms with E-state index in [-0.39, 0.29) is 30.6 Å². The lowest BCUT2D eigenvalue weighted by atomic mass is 9.80. The van der Waals surface area contributed by atoms with Gasteiger partial charge in [-0.15, -0.1) is 0 Å². The quantitative estimate of drug-likeness (QED) is 0.247. The number of hydrogen-bond donors (Lipinski definition) is 5. The van der Waals surface area contributed by atoms with E-state index in [1.165, 1.54) is 0 Å². The van der Waals surface area contributed by atoms with E-state index in [1.54, 1.807) is 12.2 Å². The van der Waals surface area contributed by atoms with Crippen molar-refractivity contribution in [2.24, 2.45) is 11.8 Å². The van der Waals surface area contributed by atoms with E-state index in [9.17, 15) is 30.3 Å². The second-order valence-corrected chi connectivity index (χ2v) is 8.79. The van der Waals surface area contributed by atoms with Gasteiger partial charge in [0.2, 0.25) is 5.79 Å². The molecule has 10 heteroatoms. The Bertz CT molecular complexity index is 864. The molecule has 0 aromatic rings. The zero-order valence-electron chi connectivity index (χ0n) is 16.7. The summed E-state index contributed by atoms with van der Waals surface area (Å²) in [5.74, 6) is -2.39. The van der Waals surface area contributed by atoms with Crippen LogP contribution < -0.4 is 0 Å². The van der Waals surface area contributed by atoms with Crippen LogP contribution in [0.2, 0.25) is 0 Å². The maximum atomic E-state index is 12.8. The Kier molecular flexibility index (Phi) is 4.92. The molecular formula is C21H26O10. The highest BCUT2D eigenvalue weighted by atomic mass is 16.7. The summed E-state index contributed by atoms with van der Waals surface area (Å²) in [7, 11) is 0. The molecule has 1 aliphatic carbocycles. The third kappa shape index (κ3) is 2.77. The monoisotopic (exact) mass is 438 g/mol. The molecule has 0 radical (unpaired) electrons. The van der Waals surface area contributed by atoms with E-state index in [0.29, 0.717) is 5.57 Å². The number of carbonyl (C=O) groups is 1. The lowest BCUT2D eigenvalue weighted by molar-refractivity contribution is -0.298. The van der Waals surface area contributed by atoms with Crippen molar-refractivity contribution in [2.75, 3.05) is 19.8 Å². The number of aliphatic hydroxyl groups is 5. The van der Waals surface area contributed by atoms with E-state index in [0.717, 1.165) is 18.4 Å². The van der Waals surface area contributed by atoms with Crippen LogP contribution in [0.5, 0.6) is 0 Å². The van der Waals surface area contributed by atoms with Gasteiger partial charge in [-0.05, 0) is 18.9 Å². The fraction of sp³-hybridized carbons (Fsp3) is 0.667. The van der Waals surface area contributed by atoms with Gasteiger partial charge in [0.05, 0.1) is 31.3 Å². The van der Waals surface area contributed by atoms with E-state index in [2.05, 4.69) is 6.58 Å². The molecule has 1 spiro atoms. The molecule has 10 nitrogen and oxygen atoms in total. The van der Waals surface area contributed by atoms with Gasteiger partial charge in [-0.1, -0.05) is 18.2 Å². The molecular weight excluding hydrogens is 412 g/mol. The van der Waals surface area contributed by atoms with Gasteiger partial charge in [0.15, 0.2) is 6.29 Å². The van der Waals surface area contributed by atoms with Gasteiger partial charge in [-0.3, -0.25) is 0 Å². The number of aliphatic hydroxyl groups excluding tert-OH is 5. The lowest BCUT2D eigenvalue weighted by Crippen LogP contribution is -2.59. The minimum atomic E-state index is -1.59. The minimum absolute atomic E-state index is 0.0720. The first kappa shape index (κ1) is 21.2. The Morgan fingerprint density at radius 3 is 2.68 bits per heavy atom. The highest BCUT2D eigenvalue weighted by molar-refractivity contribution is 5.94. The van der Waals surface area contributed by atoms with Gasteiger partial charge >= 0.3 is 5.97 Å². The van der Waals surface area contributed by atoms with Crippen molar-refractivity contribution in [2.45, 2.75) is 54.9 Å². The average molecular weight is 438 g/mol. The van der Waals surface area contributed by atoms with Crippen LogP contribution in [0.15, 0.2) is 35.5 Å². The third-order valence-corrected chi connectivity index (χ3v) is 7.21. The molecule has 5 aliphatic rings. The standard InChI is InChI=1S/C21H26O10/c1-9-2-3-12-14(9)21-11(4-5-20(12,8-23)31-21)10(18(27)30-21)7-28-19-17(26)16(25)15(24)13(6-22)29-19/h4-5,12-17,19,22-26H,1-3,6-8H2/t12-,13+,14+,15+,16-,17+,19+,20-,21+/m0/s1. The minimum Gasteiger partial charge on any atom is -0.424 e.